The first-order valence-corrected chi connectivity index (χ1v) is 9.87. The van der Waals surface area contributed by atoms with Crippen LogP contribution >= 0.6 is 11.3 Å². The third-order valence-electron chi connectivity index (χ3n) is 4.36. The quantitative estimate of drug-likeness (QED) is 0.737. The lowest BCUT2D eigenvalue weighted by atomic mass is 10.1. The van der Waals surface area contributed by atoms with Crippen LogP contribution in [0.25, 0.3) is 0 Å². The molecule has 1 fully saturated rings. The fourth-order valence-corrected chi connectivity index (χ4v) is 4.02. The van der Waals surface area contributed by atoms with Gasteiger partial charge in [0.1, 0.15) is 5.01 Å². The van der Waals surface area contributed by atoms with E-state index in [1.807, 2.05) is 37.8 Å². The van der Waals surface area contributed by atoms with Crippen molar-refractivity contribution in [1.29, 1.82) is 0 Å². The Balaban J connectivity index is 1.64. The fourth-order valence-electron chi connectivity index (χ4n) is 3.17. The molecule has 1 aromatic carbocycles. The molecule has 2 aromatic rings. The van der Waals surface area contributed by atoms with Crippen LogP contribution in [0, 0.1) is 13.8 Å². The predicted molar refractivity (Wildman–Crippen MR) is 105 cm³/mol. The molecule has 1 aliphatic rings. The predicted octanol–water partition coefficient (Wildman–Crippen LogP) is 3.04. The fraction of sp³-hybridized carbons (Fsp3) is 0.474. The van der Waals surface area contributed by atoms with Gasteiger partial charge >= 0.3 is 0 Å². The lowest BCUT2D eigenvalue weighted by Crippen LogP contribution is -2.24. The number of carbonyl (C=O) groups is 2. The Hall–Kier alpha value is -2.32. The number of carbonyl (C=O) groups excluding carboxylic acids is 2. The van der Waals surface area contributed by atoms with E-state index in [0.717, 1.165) is 21.8 Å². The number of hydrogen-bond acceptors (Lipinski definition) is 6. The molecule has 0 unspecified atom stereocenters. The van der Waals surface area contributed by atoms with Crippen LogP contribution in [0.1, 0.15) is 41.8 Å². The second-order valence-electron chi connectivity index (χ2n) is 6.69. The Kier molecular flexibility index (Phi) is 6.18. The zero-order valence-electron chi connectivity index (χ0n) is 15.8. The second-order valence-corrected chi connectivity index (χ2v) is 7.70. The molecular formula is C19H24N4O3S. The third kappa shape index (κ3) is 4.90. The van der Waals surface area contributed by atoms with Crippen molar-refractivity contribution in [1.82, 2.24) is 10.2 Å². The summed E-state index contributed by atoms with van der Waals surface area (Å²) in [6, 6.07) is 6.14. The highest BCUT2D eigenvalue weighted by atomic mass is 32.1. The number of nitrogens with zero attached hydrogens (tertiary/aromatic N) is 3. The number of aromatic nitrogens is 2. The van der Waals surface area contributed by atoms with Gasteiger partial charge in [0.2, 0.25) is 16.9 Å². The van der Waals surface area contributed by atoms with E-state index in [1.54, 1.807) is 0 Å². The standard InChI is InChI=1S/C19H24N4O3S/c1-4-26-6-5-16(24)20-19-22-21-18(27-19)14-10-17(25)23(11-14)15-8-12(2)7-13(3)9-15/h7-9,14H,4-6,10-11H2,1-3H3,(H,20,22,24)/t14-/m1/s1. The largest absolute Gasteiger partial charge is 0.381 e. The Morgan fingerprint density at radius 1 is 1.30 bits per heavy atom. The van der Waals surface area contributed by atoms with Crippen LogP contribution < -0.4 is 10.2 Å². The van der Waals surface area contributed by atoms with Gasteiger partial charge in [0, 0.05) is 31.2 Å². The van der Waals surface area contributed by atoms with Gasteiger partial charge in [0.05, 0.1) is 13.0 Å². The van der Waals surface area contributed by atoms with Gasteiger partial charge in [0.25, 0.3) is 0 Å². The number of hydrogen-bond donors (Lipinski definition) is 1. The highest BCUT2D eigenvalue weighted by Crippen LogP contribution is 2.34. The molecule has 8 heteroatoms. The van der Waals surface area contributed by atoms with Crippen molar-refractivity contribution in [2.75, 3.05) is 30.0 Å². The van der Waals surface area contributed by atoms with Crippen molar-refractivity contribution in [3.63, 3.8) is 0 Å². The Labute approximate surface area is 162 Å². The molecule has 0 bridgehead atoms. The maximum absolute atomic E-state index is 12.5. The Morgan fingerprint density at radius 3 is 2.74 bits per heavy atom. The zero-order chi connectivity index (χ0) is 19.4. The van der Waals surface area contributed by atoms with Gasteiger partial charge in [-0.3, -0.25) is 9.59 Å². The minimum Gasteiger partial charge on any atom is -0.381 e. The van der Waals surface area contributed by atoms with Crippen molar-refractivity contribution in [3.8, 4) is 0 Å². The van der Waals surface area contributed by atoms with Crippen LogP contribution in [0.4, 0.5) is 10.8 Å². The highest BCUT2D eigenvalue weighted by molar-refractivity contribution is 7.15. The molecule has 2 heterocycles. The number of rotatable bonds is 7. The molecule has 1 aliphatic heterocycles. The van der Waals surface area contributed by atoms with Crippen LogP contribution in [0.15, 0.2) is 18.2 Å². The maximum atomic E-state index is 12.5. The topological polar surface area (TPSA) is 84.4 Å². The van der Waals surface area contributed by atoms with E-state index in [9.17, 15) is 9.59 Å². The average molecular weight is 388 g/mol. The number of ether oxygens (including phenoxy) is 1. The van der Waals surface area contributed by atoms with E-state index in [-0.39, 0.29) is 24.2 Å². The van der Waals surface area contributed by atoms with Crippen molar-refractivity contribution in [2.45, 2.75) is 39.5 Å². The van der Waals surface area contributed by atoms with Gasteiger partial charge in [-0.2, -0.15) is 0 Å². The summed E-state index contributed by atoms with van der Waals surface area (Å²) in [5.74, 6) is -0.0714. The van der Waals surface area contributed by atoms with E-state index in [4.69, 9.17) is 4.74 Å². The molecule has 7 nitrogen and oxygen atoms in total. The van der Waals surface area contributed by atoms with Gasteiger partial charge in [0.15, 0.2) is 0 Å². The highest BCUT2D eigenvalue weighted by Gasteiger charge is 2.34. The monoisotopic (exact) mass is 388 g/mol. The third-order valence-corrected chi connectivity index (χ3v) is 5.36. The first-order valence-electron chi connectivity index (χ1n) is 9.06. The molecule has 1 atom stereocenters. The molecule has 0 spiro atoms. The smallest absolute Gasteiger partial charge is 0.228 e. The van der Waals surface area contributed by atoms with Gasteiger partial charge in [-0.25, -0.2) is 0 Å². The van der Waals surface area contributed by atoms with Crippen LogP contribution in [-0.2, 0) is 14.3 Å². The molecule has 1 N–H and O–H groups in total. The van der Waals surface area contributed by atoms with Crippen molar-refractivity contribution >= 4 is 34.0 Å². The van der Waals surface area contributed by atoms with Gasteiger partial charge in [-0.1, -0.05) is 17.4 Å². The van der Waals surface area contributed by atoms with Crippen LogP contribution in [0.2, 0.25) is 0 Å². The van der Waals surface area contributed by atoms with E-state index in [0.29, 0.717) is 31.3 Å². The SMILES string of the molecule is CCOCCC(=O)Nc1nnc([C@@H]2CC(=O)N(c3cc(C)cc(C)c3)C2)s1. The molecular weight excluding hydrogens is 364 g/mol. The summed E-state index contributed by atoms with van der Waals surface area (Å²) in [6.45, 7) is 7.49. The summed E-state index contributed by atoms with van der Waals surface area (Å²) >= 11 is 1.33. The number of anilines is 2. The molecule has 1 aromatic heterocycles. The van der Waals surface area contributed by atoms with E-state index in [2.05, 4.69) is 21.6 Å². The minimum absolute atomic E-state index is 0.00936. The molecule has 2 amide bonds. The summed E-state index contributed by atoms with van der Waals surface area (Å²) in [4.78, 5) is 26.2. The molecule has 0 saturated carbocycles. The van der Waals surface area contributed by atoms with Gasteiger partial charge in [-0.05, 0) is 44.0 Å². The molecule has 1 saturated heterocycles. The summed E-state index contributed by atoms with van der Waals surface area (Å²) in [5, 5.41) is 12.2. The van der Waals surface area contributed by atoms with E-state index < -0.39 is 0 Å². The molecule has 0 radical (unpaired) electrons. The lowest BCUT2D eigenvalue weighted by molar-refractivity contribution is -0.118. The Bertz CT molecular complexity index is 816. The molecule has 3 rings (SSSR count). The first kappa shape index (κ1) is 19.4. The average Bonchev–Trinajstić information content (AvgIpc) is 3.21. The van der Waals surface area contributed by atoms with E-state index >= 15 is 0 Å². The summed E-state index contributed by atoms with van der Waals surface area (Å²) in [5.41, 5.74) is 3.19. The van der Waals surface area contributed by atoms with Crippen molar-refractivity contribution in [2.24, 2.45) is 0 Å². The molecule has 27 heavy (non-hydrogen) atoms. The number of nitrogens with one attached hydrogen (secondary N) is 1. The molecule has 0 aliphatic carbocycles. The Morgan fingerprint density at radius 2 is 2.04 bits per heavy atom. The van der Waals surface area contributed by atoms with Crippen LogP contribution in [0.3, 0.4) is 0 Å². The second kappa shape index (κ2) is 8.58. The van der Waals surface area contributed by atoms with Crippen molar-refractivity contribution < 1.29 is 14.3 Å². The van der Waals surface area contributed by atoms with Crippen molar-refractivity contribution in [3.05, 3.63) is 34.3 Å². The minimum atomic E-state index is -0.148. The van der Waals surface area contributed by atoms with Gasteiger partial charge in [-0.15, -0.1) is 10.2 Å². The van der Waals surface area contributed by atoms with Crippen LogP contribution in [0.5, 0.6) is 0 Å². The summed E-state index contributed by atoms with van der Waals surface area (Å²) in [6.07, 6.45) is 0.686. The normalized spacial score (nSPS) is 16.8. The number of amides is 2. The summed E-state index contributed by atoms with van der Waals surface area (Å²) < 4.78 is 5.17. The summed E-state index contributed by atoms with van der Waals surface area (Å²) in [7, 11) is 0. The first-order chi connectivity index (χ1) is 13.0. The van der Waals surface area contributed by atoms with E-state index in [1.165, 1.54) is 11.3 Å². The van der Waals surface area contributed by atoms with Gasteiger partial charge < -0.3 is 15.0 Å². The zero-order valence-corrected chi connectivity index (χ0v) is 16.6. The number of aryl methyl sites for hydroxylation is 2. The number of benzene rings is 1. The maximum Gasteiger partial charge on any atom is 0.228 e. The molecule has 144 valence electrons. The van der Waals surface area contributed by atoms with Crippen LogP contribution in [-0.4, -0.2) is 41.8 Å². The lowest BCUT2D eigenvalue weighted by Gasteiger charge is -2.17.